The summed E-state index contributed by atoms with van der Waals surface area (Å²) >= 11 is 0. The summed E-state index contributed by atoms with van der Waals surface area (Å²) in [7, 11) is 1.56. The van der Waals surface area contributed by atoms with Gasteiger partial charge in [0.05, 0.1) is 7.11 Å². The lowest BCUT2D eigenvalue weighted by molar-refractivity contribution is 0.0937. The van der Waals surface area contributed by atoms with Gasteiger partial charge in [0.1, 0.15) is 5.75 Å². The normalized spacial score (nSPS) is 11.9. The van der Waals surface area contributed by atoms with Gasteiger partial charge in [-0.2, -0.15) is 0 Å². The average molecular weight is 264 g/mol. The fraction of sp³-hybridized carbons (Fsp3) is 0.533. The zero-order valence-electron chi connectivity index (χ0n) is 12.0. The molecular formula is C15H24N2O2. The lowest BCUT2D eigenvalue weighted by Gasteiger charge is -2.14. The molecule has 19 heavy (non-hydrogen) atoms. The fourth-order valence-corrected chi connectivity index (χ4v) is 1.95. The number of rotatable bonds is 7. The van der Waals surface area contributed by atoms with E-state index in [-0.39, 0.29) is 11.9 Å². The van der Waals surface area contributed by atoms with Gasteiger partial charge in [-0.15, -0.1) is 0 Å². The number of anilines is 1. The van der Waals surface area contributed by atoms with Gasteiger partial charge in [-0.25, -0.2) is 0 Å². The van der Waals surface area contributed by atoms with Crippen LogP contribution in [-0.2, 0) is 0 Å². The molecule has 0 saturated heterocycles. The van der Waals surface area contributed by atoms with Crippen molar-refractivity contribution in [3.8, 4) is 5.75 Å². The number of carbonyl (C=O) groups excluding carboxylic acids is 1. The van der Waals surface area contributed by atoms with E-state index in [1.807, 2.05) is 6.92 Å². The van der Waals surface area contributed by atoms with Crippen LogP contribution in [0.15, 0.2) is 18.2 Å². The van der Waals surface area contributed by atoms with Crippen molar-refractivity contribution in [3.63, 3.8) is 0 Å². The Hall–Kier alpha value is -1.71. The smallest absolute Gasteiger partial charge is 0.251 e. The van der Waals surface area contributed by atoms with Crippen molar-refractivity contribution in [1.29, 1.82) is 0 Å². The first-order chi connectivity index (χ1) is 9.06. The largest absolute Gasteiger partial charge is 0.497 e. The third kappa shape index (κ3) is 5.20. The minimum atomic E-state index is -0.102. The van der Waals surface area contributed by atoms with Gasteiger partial charge in [0.2, 0.25) is 0 Å². The highest BCUT2D eigenvalue weighted by Crippen LogP contribution is 2.18. The molecule has 1 amide bonds. The highest BCUT2D eigenvalue weighted by molar-refractivity contribution is 5.95. The molecule has 4 heteroatoms. The molecule has 0 aliphatic heterocycles. The van der Waals surface area contributed by atoms with Gasteiger partial charge in [0, 0.05) is 23.4 Å². The molecule has 1 atom stereocenters. The summed E-state index contributed by atoms with van der Waals surface area (Å²) in [6.07, 6.45) is 4.52. The highest BCUT2D eigenvalue weighted by Gasteiger charge is 2.11. The van der Waals surface area contributed by atoms with E-state index in [4.69, 9.17) is 10.5 Å². The van der Waals surface area contributed by atoms with Crippen LogP contribution in [0.2, 0.25) is 0 Å². The summed E-state index contributed by atoms with van der Waals surface area (Å²) < 4.78 is 5.11. The van der Waals surface area contributed by atoms with Crippen LogP contribution < -0.4 is 15.8 Å². The standard InChI is InChI=1S/C15H24N2O2/c1-4-5-6-7-11(2)17-15(18)12-8-13(16)10-14(9-12)19-3/h8-11H,4-7,16H2,1-3H3,(H,17,18). The van der Waals surface area contributed by atoms with E-state index in [2.05, 4.69) is 12.2 Å². The summed E-state index contributed by atoms with van der Waals surface area (Å²) in [5, 5.41) is 2.98. The van der Waals surface area contributed by atoms with E-state index in [1.165, 1.54) is 12.8 Å². The number of amides is 1. The topological polar surface area (TPSA) is 64.4 Å². The third-order valence-electron chi connectivity index (χ3n) is 3.04. The zero-order chi connectivity index (χ0) is 14.3. The first kappa shape index (κ1) is 15.3. The number of benzene rings is 1. The zero-order valence-corrected chi connectivity index (χ0v) is 12.0. The highest BCUT2D eigenvalue weighted by atomic mass is 16.5. The molecule has 0 aliphatic carbocycles. The fourth-order valence-electron chi connectivity index (χ4n) is 1.95. The van der Waals surface area contributed by atoms with Crippen molar-refractivity contribution >= 4 is 11.6 Å². The second-order valence-electron chi connectivity index (χ2n) is 4.87. The van der Waals surface area contributed by atoms with Crippen molar-refractivity contribution in [2.75, 3.05) is 12.8 Å². The van der Waals surface area contributed by atoms with Crippen LogP contribution in [0.3, 0.4) is 0 Å². The first-order valence-electron chi connectivity index (χ1n) is 6.82. The van der Waals surface area contributed by atoms with Crippen LogP contribution >= 0.6 is 0 Å². The maximum Gasteiger partial charge on any atom is 0.251 e. The number of nitrogens with one attached hydrogen (secondary N) is 1. The molecule has 0 spiro atoms. The van der Waals surface area contributed by atoms with Crippen LogP contribution in [-0.4, -0.2) is 19.1 Å². The molecule has 0 bridgehead atoms. The van der Waals surface area contributed by atoms with Crippen molar-refractivity contribution < 1.29 is 9.53 Å². The second kappa shape index (κ2) is 7.67. The lowest BCUT2D eigenvalue weighted by Crippen LogP contribution is -2.32. The molecule has 0 radical (unpaired) electrons. The Labute approximate surface area is 115 Å². The molecule has 0 aliphatic rings. The lowest BCUT2D eigenvalue weighted by atomic mass is 10.1. The van der Waals surface area contributed by atoms with Gasteiger partial charge in [-0.3, -0.25) is 4.79 Å². The van der Waals surface area contributed by atoms with E-state index in [0.29, 0.717) is 17.0 Å². The van der Waals surface area contributed by atoms with Gasteiger partial charge < -0.3 is 15.8 Å². The van der Waals surface area contributed by atoms with E-state index in [9.17, 15) is 4.79 Å². The Bertz CT molecular complexity index is 419. The minimum absolute atomic E-state index is 0.102. The number of hydrogen-bond acceptors (Lipinski definition) is 3. The molecule has 0 aromatic heterocycles. The van der Waals surface area contributed by atoms with Gasteiger partial charge in [0.25, 0.3) is 5.91 Å². The molecule has 1 rings (SSSR count). The van der Waals surface area contributed by atoms with E-state index in [1.54, 1.807) is 25.3 Å². The molecule has 1 aromatic rings. The SMILES string of the molecule is CCCCCC(C)NC(=O)c1cc(N)cc(OC)c1. The van der Waals surface area contributed by atoms with Crippen molar-refractivity contribution in [2.24, 2.45) is 0 Å². The summed E-state index contributed by atoms with van der Waals surface area (Å²) in [6, 6.07) is 5.23. The predicted molar refractivity (Wildman–Crippen MR) is 78.5 cm³/mol. The Kier molecular flexibility index (Phi) is 6.19. The number of hydrogen-bond donors (Lipinski definition) is 2. The minimum Gasteiger partial charge on any atom is -0.497 e. The van der Waals surface area contributed by atoms with Crippen molar-refractivity contribution in [2.45, 2.75) is 45.6 Å². The molecule has 0 saturated carbocycles. The Morgan fingerprint density at radius 1 is 1.37 bits per heavy atom. The molecule has 4 nitrogen and oxygen atoms in total. The number of carbonyl (C=O) groups is 1. The van der Waals surface area contributed by atoms with Crippen LogP contribution in [0.5, 0.6) is 5.75 Å². The molecule has 1 aromatic carbocycles. The van der Waals surface area contributed by atoms with E-state index >= 15 is 0 Å². The van der Waals surface area contributed by atoms with Crippen LogP contribution in [0, 0.1) is 0 Å². The predicted octanol–water partition coefficient (Wildman–Crippen LogP) is 2.98. The number of methoxy groups -OCH3 is 1. The van der Waals surface area contributed by atoms with Crippen LogP contribution in [0.4, 0.5) is 5.69 Å². The van der Waals surface area contributed by atoms with Crippen molar-refractivity contribution in [1.82, 2.24) is 5.32 Å². The summed E-state index contributed by atoms with van der Waals surface area (Å²) in [6.45, 7) is 4.19. The summed E-state index contributed by atoms with van der Waals surface area (Å²) in [5.41, 5.74) is 6.81. The molecule has 0 heterocycles. The van der Waals surface area contributed by atoms with E-state index in [0.717, 1.165) is 12.8 Å². The van der Waals surface area contributed by atoms with Crippen LogP contribution in [0.1, 0.15) is 49.9 Å². The third-order valence-corrected chi connectivity index (χ3v) is 3.04. The molecular weight excluding hydrogens is 240 g/mol. The van der Waals surface area contributed by atoms with Gasteiger partial charge in [-0.05, 0) is 25.5 Å². The summed E-state index contributed by atoms with van der Waals surface area (Å²) in [5.74, 6) is 0.499. The number of ether oxygens (including phenoxy) is 1. The Morgan fingerprint density at radius 2 is 2.11 bits per heavy atom. The van der Waals surface area contributed by atoms with Gasteiger partial charge in [-0.1, -0.05) is 26.2 Å². The first-order valence-corrected chi connectivity index (χ1v) is 6.82. The number of nitrogens with two attached hydrogens (primary N) is 1. The molecule has 0 fully saturated rings. The Morgan fingerprint density at radius 3 is 2.74 bits per heavy atom. The number of unbranched alkanes of at least 4 members (excludes halogenated alkanes) is 2. The van der Waals surface area contributed by atoms with Gasteiger partial charge in [0.15, 0.2) is 0 Å². The monoisotopic (exact) mass is 264 g/mol. The van der Waals surface area contributed by atoms with Crippen molar-refractivity contribution in [3.05, 3.63) is 23.8 Å². The average Bonchev–Trinajstić information content (AvgIpc) is 2.38. The molecule has 106 valence electrons. The molecule has 1 unspecified atom stereocenters. The second-order valence-corrected chi connectivity index (χ2v) is 4.87. The maximum absolute atomic E-state index is 12.1. The maximum atomic E-state index is 12.1. The Balaban J connectivity index is 2.59. The van der Waals surface area contributed by atoms with Gasteiger partial charge >= 0.3 is 0 Å². The van der Waals surface area contributed by atoms with Crippen LogP contribution in [0.25, 0.3) is 0 Å². The molecule has 3 N–H and O–H groups in total. The van der Waals surface area contributed by atoms with E-state index < -0.39 is 0 Å². The quantitative estimate of drug-likeness (QED) is 0.588. The summed E-state index contributed by atoms with van der Waals surface area (Å²) in [4.78, 5) is 12.1. The number of nitrogen functional groups attached to an aromatic ring is 1.